The van der Waals surface area contributed by atoms with Gasteiger partial charge in [0, 0.05) is 18.6 Å². The van der Waals surface area contributed by atoms with Gasteiger partial charge < -0.3 is 10.2 Å². The average molecular weight is 273 g/mol. The molecule has 1 aromatic rings. The lowest BCUT2D eigenvalue weighted by atomic mass is 10.2. The summed E-state index contributed by atoms with van der Waals surface area (Å²) in [5.41, 5.74) is 0.572. The second kappa shape index (κ2) is 5.43. The molecule has 0 atom stereocenters. The first kappa shape index (κ1) is 13.4. The van der Waals surface area contributed by atoms with E-state index in [1.54, 1.807) is 0 Å². The van der Waals surface area contributed by atoms with Crippen LogP contribution in [0.3, 0.4) is 0 Å². The van der Waals surface area contributed by atoms with Gasteiger partial charge in [0.1, 0.15) is 11.5 Å². The van der Waals surface area contributed by atoms with E-state index in [2.05, 4.69) is 29.0 Å². The minimum atomic E-state index is 0.104. The summed E-state index contributed by atoms with van der Waals surface area (Å²) in [7, 11) is 0. The first-order valence-electron chi connectivity index (χ1n) is 7.68. The van der Waals surface area contributed by atoms with E-state index < -0.39 is 0 Å². The van der Waals surface area contributed by atoms with Crippen molar-refractivity contribution in [2.24, 2.45) is 5.92 Å². The van der Waals surface area contributed by atoms with Crippen molar-refractivity contribution in [1.82, 2.24) is 9.88 Å². The van der Waals surface area contributed by atoms with Crippen LogP contribution in [-0.4, -0.2) is 34.4 Å². The topological polar surface area (TPSA) is 45.2 Å². The molecule has 0 aliphatic heterocycles. The molecule has 1 heterocycles. The molecule has 2 fully saturated rings. The van der Waals surface area contributed by atoms with E-state index in [1.165, 1.54) is 12.8 Å². The third kappa shape index (κ3) is 3.30. The zero-order valence-electron chi connectivity index (χ0n) is 12.3. The number of amides is 1. The van der Waals surface area contributed by atoms with Crippen molar-refractivity contribution in [3.05, 3.63) is 23.9 Å². The Morgan fingerprint density at radius 1 is 1.35 bits per heavy atom. The standard InChI is InChI=1S/C16H23N3O/c1-11(2)17-15-5-3-4-14(18-15)16(20)19(13-8-9-13)10-12-6-7-12/h3-5,11-13H,6-10H2,1-2H3,(H,17,18). The number of nitrogens with zero attached hydrogens (tertiary/aromatic N) is 2. The summed E-state index contributed by atoms with van der Waals surface area (Å²) in [5.74, 6) is 1.62. The average Bonchev–Trinajstić information content (AvgIpc) is 3.26. The van der Waals surface area contributed by atoms with E-state index in [0.717, 1.165) is 31.1 Å². The summed E-state index contributed by atoms with van der Waals surface area (Å²) >= 11 is 0. The van der Waals surface area contributed by atoms with Crippen LogP contribution in [-0.2, 0) is 0 Å². The first-order chi connectivity index (χ1) is 9.63. The highest BCUT2D eigenvalue weighted by Gasteiger charge is 2.37. The SMILES string of the molecule is CC(C)Nc1cccc(C(=O)N(CC2CC2)C2CC2)n1. The van der Waals surface area contributed by atoms with E-state index in [9.17, 15) is 4.79 Å². The highest BCUT2D eigenvalue weighted by atomic mass is 16.2. The Balaban J connectivity index is 1.73. The summed E-state index contributed by atoms with van der Waals surface area (Å²) in [6.45, 7) is 5.06. The third-order valence-electron chi connectivity index (χ3n) is 3.81. The van der Waals surface area contributed by atoms with Gasteiger partial charge in [-0.3, -0.25) is 4.79 Å². The van der Waals surface area contributed by atoms with Gasteiger partial charge in [0.25, 0.3) is 5.91 Å². The highest BCUT2D eigenvalue weighted by Crippen LogP contribution is 2.35. The van der Waals surface area contributed by atoms with Crippen LogP contribution >= 0.6 is 0 Å². The molecule has 0 radical (unpaired) electrons. The van der Waals surface area contributed by atoms with Gasteiger partial charge in [-0.1, -0.05) is 6.07 Å². The fourth-order valence-corrected chi connectivity index (χ4v) is 2.44. The number of anilines is 1. The minimum Gasteiger partial charge on any atom is -0.368 e. The molecule has 0 bridgehead atoms. The molecular formula is C16H23N3O. The molecule has 1 aromatic heterocycles. The van der Waals surface area contributed by atoms with Crippen LogP contribution in [0.2, 0.25) is 0 Å². The first-order valence-corrected chi connectivity index (χ1v) is 7.68. The Morgan fingerprint density at radius 2 is 2.10 bits per heavy atom. The van der Waals surface area contributed by atoms with Crippen molar-refractivity contribution in [1.29, 1.82) is 0 Å². The molecule has 4 heteroatoms. The molecule has 0 spiro atoms. The van der Waals surface area contributed by atoms with Crippen LogP contribution in [0.4, 0.5) is 5.82 Å². The lowest BCUT2D eigenvalue weighted by Gasteiger charge is -2.22. The largest absolute Gasteiger partial charge is 0.368 e. The summed E-state index contributed by atoms with van der Waals surface area (Å²) in [6, 6.07) is 6.44. The molecule has 2 saturated carbocycles. The minimum absolute atomic E-state index is 0.104. The molecule has 2 aliphatic carbocycles. The fourth-order valence-electron chi connectivity index (χ4n) is 2.44. The number of carbonyl (C=O) groups is 1. The van der Waals surface area contributed by atoms with Crippen LogP contribution in [0.1, 0.15) is 50.0 Å². The molecule has 3 rings (SSSR count). The Labute approximate surface area is 120 Å². The van der Waals surface area contributed by atoms with E-state index in [4.69, 9.17) is 0 Å². The maximum atomic E-state index is 12.7. The van der Waals surface area contributed by atoms with Gasteiger partial charge in [0.15, 0.2) is 0 Å². The van der Waals surface area contributed by atoms with Gasteiger partial charge in [-0.2, -0.15) is 0 Å². The monoisotopic (exact) mass is 273 g/mol. The third-order valence-corrected chi connectivity index (χ3v) is 3.81. The molecule has 108 valence electrons. The van der Waals surface area contributed by atoms with Gasteiger partial charge in [-0.15, -0.1) is 0 Å². The number of hydrogen-bond donors (Lipinski definition) is 1. The Morgan fingerprint density at radius 3 is 2.70 bits per heavy atom. The van der Waals surface area contributed by atoms with Gasteiger partial charge in [-0.05, 0) is 57.6 Å². The normalized spacial score (nSPS) is 18.1. The van der Waals surface area contributed by atoms with Gasteiger partial charge in [0.2, 0.25) is 0 Å². The van der Waals surface area contributed by atoms with Crippen molar-refractivity contribution in [3.63, 3.8) is 0 Å². The van der Waals surface area contributed by atoms with E-state index in [1.807, 2.05) is 18.2 Å². The van der Waals surface area contributed by atoms with Crippen molar-refractivity contribution in [2.75, 3.05) is 11.9 Å². The lowest BCUT2D eigenvalue weighted by Crippen LogP contribution is -2.35. The number of pyridine rings is 1. The number of rotatable bonds is 6. The predicted octanol–water partition coefficient (Wildman–Crippen LogP) is 2.92. The molecule has 0 aromatic carbocycles. The quantitative estimate of drug-likeness (QED) is 0.866. The summed E-state index contributed by atoms with van der Waals surface area (Å²) in [6.07, 6.45) is 4.86. The van der Waals surface area contributed by atoms with Gasteiger partial charge >= 0.3 is 0 Å². The van der Waals surface area contributed by atoms with Crippen LogP contribution in [0.25, 0.3) is 0 Å². The second-order valence-electron chi connectivity index (χ2n) is 6.34. The van der Waals surface area contributed by atoms with E-state index >= 15 is 0 Å². The molecule has 0 saturated heterocycles. The maximum Gasteiger partial charge on any atom is 0.272 e. The van der Waals surface area contributed by atoms with Crippen molar-refractivity contribution < 1.29 is 4.79 Å². The van der Waals surface area contributed by atoms with Crippen LogP contribution in [0.15, 0.2) is 18.2 Å². The zero-order valence-corrected chi connectivity index (χ0v) is 12.3. The van der Waals surface area contributed by atoms with E-state index in [-0.39, 0.29) is 5.91 Å². The molecule has 1 amide bonds. The summed E-state index contributed by atoms with van der Waals surface area (Å²) in [5, 5.41) is 3.26. The number of aromatic nitrogens is 1. The Kier molecular flexibility index (Phi) is 3.64. The zero-order chi connectivity index (χ0) is 14.1. The predicted molar refractivity (Wildman–Crippen MR) is 79.8 cm³/mol. The summed E-state index contributed by atoms with van der Waals surface area (Å²) in [4.78, 5) is 19.2. The molecule has 2 aliphatic rings. The Bertz CT molecular complexity index is 492. The molecule has 0 unspecified atom stereocenters. The fraction of sp³-hybridized carbons (Fsp3) is 0.625. The highest BCUT2D eigenvalue weighted by molar-refractivity contribution is 5.93. The Hall–Kier alpha value is -1.58. The number of nitrogens with one attached hydrogen (secondary N) is 1. The molecule has 20 heavy (non-hydrogen) atoms. The van der Waals surface area contributed by atoms with Crippen LogP contribution < -0.4 is 5.32 Å². The van der Waals surface area contributed by atoms with Crippen molar-refractivity contribution >= 4 is 11.7 Å². The van der Waals surface area contributed by atoms with Crippen LogP contribution in [0, 0.1) is 5.92 Å². The van der Waals surface area contributed by atoms with E-state index in [0.29, 0.717) is 17.8 Å². The maximum absolute atomic E-state index is 12.7. The van der Waals surface area contributed by atoms with Crippen molar-refractivity contribution in [2.45, 2.75) is 51.6 Å². The molecule has 4 nitrogen and oxygen atoms in total. The molecular weight excluding hydrogens is 250 g/mol. The summed E-state index contributed by atoms with van der Waals surface area (Å²) < 4.78 is 0. The lowest BCUT2D eigenvalue weighted by molar-refractivity contribution is 0.0729. The number of hydrogen-bond acceptors (Lipinski definition) is 3. The van der Waals surface area contributed by atoms with Gasteiger partial charge in [0.05, 0.1) is 0 Å². The second-order valence-corrected chi connectivity index (χ2v) is 6.34. The number of carbonyl (C=O) groups excluding carboxylic acids is 1. The smallest absolute Gasteiger partial charge is 0.272 e. The molecule has 1 N–H and O–H groups in total. The van der Waals surface area contributed by atoms with Crippen LogP contribution in [0.5, 0.6) is 0 Å². The van der Waals surface area contributed by atoms with Crippen molar-refractivity contribution in [3.8, 4) is 0 Å². The van der Waals surface area contributed by atoms with Gasteiger partial charge in [-0.25, -0.2) is 4.98 Å².